The molecule has 0 N–H and O–H groups in total. The van der Waals surface area contributed by atoms with E-state index >= 15 is 0 Å². The molecule has 2 nitrogen and oxygen atoms in total. The van der Waals surface area contributed by atoms with Gasteiger partial charge in [0.25, 0.3) is 0 Å². The van der Waals surface area contributed by atoms with Crippen molar-refractivity contribution in [2.24, 2.45) is 16.7 Å². The molecule has 0 amide bonds. The largest absolute Gasteiger partial charge is 0.250 e. The highest BCUT2D eigenvalue weighted by molar-refractivity contribution is 7.09. The minimum absolute atomic E-state index is 0.0851. The average molecular weight is 290 g/mol. The summed E-state index contributed by atoms with van der Waals surface area (Å²) >= 11 is 1.73. The molecule has 0 aromatic carbocycles. The molecule has 0 radical (unpaired) electrons. The molecule has 0 spiro atoms. The first-order valence-electron chi connectivity index (χ1n) is 7.66. The summed E-state index contributed by atoms with van der Waals surface area (Å²) in [5.74, 6) is 0.772. The summed E-state index contributed by atoms with van der Waals surface area (Å²) < 4.78 is 0. The van der Waals surface area contributed by atoms with E-state index in [4.69, 9.17) is 0 Å². The summed E-state index contributed by atoms with van der Waals surface area (Å²) in [5, 5.41) is 9.67. The monoisotopic (exact) mass is 290 g/mol. The maximum absolute atomic E-state index is 9.67. The number of hydrogen-bond acceptors (Lipinski definition) is 3. The Labute approximate surface area is 127 Å². The van der Waals surface area contributed by atoms with E-state index in [2.05, 4.69) is 38.7 Å². The van der Waals surface area contributed by atoms with Gasteiger partial charge in [-0.1, -0.05) is 20.8 Å². The van der Waals surface area contributed by atoms with Crippen LogP contribution in [0.4, 0.5) is 0 Å². The average Bonchev–Trinajstić information content (AvgIpc) is 2.81. The SMILES string of the molecule is Cc1ncsc1CCC1(C#N)CCC(C(C)(C)C)CC1. The van der Waals surface area contributed by atoms with Crippen LogP contribution in [0.2, 0.25) is 0 Å². The molecule has 1 aliphatic carbocycles. The molecule has 1 fully saturated rings. The highest BCUT2D eigenvalue weighted by Gasteiger charge is 2.38. The van der Waals surface area contributed by atoms with E-state index < -0.39 is 0 Å². The lowest BCUT2D eigenvalue weighted by atomic mass is 9.63. The fourth-order valence-electron chi connectivity index (χ4n) is 3.37. The zero-order chi connectivity index (χ0) is 14.8. The van der Waals surface area contributed by atoms with Gasteiger partial charge in [-0.05, 0) is 56.8 Å². The summed E-state index contributed by atoms with van der Waals surface area (Å²) in [6.45, 7) is 9.06. The van der Waals surface area contributed by atoms with Gasteiger partial charge in [-0.15, -0.1) is 11.3 Å². The third kappa shape index (κ3) is 3.41. The van der Waals surface area contributed by atoms with Gasteiger partial charge in [-0.3, -0.25) is 0 Å². The van der Waals surface area contributed by atoms with Gasteiger partial charge in [0.05, 0.1) is 22.7 Å². The van der Waals surface area contributed by atoms with Gasteiger partial charge < -0.3 is 0 Å². The van der Waals surface area contributed by atoms with Crippen LogP contribution < -0.4 is 0 Å². The second kappa shape index (κ2) is 5.85. The molecule has 0 saturated heterocycles. The first kappa shape index (κ1) is 15.5. The molecule has 0 atom stereocenters. The van der Waals surface area contributed by atoms with E-state index in [-0.39, 0.29) is 5.41 Å². The summed E-state index contributed by atoms with van der Waals surface area (Å²) in [7, 11) is 0. The molecule has 1 aliphatic rings. The Kier molecular flexibility index (Phi) is 4.54. The van der Waals surface area contributed by atoms with Gasteiger partial charge in [0.2, 0.25) is 0 Å². The van der Waals surface area contributed by atoms with Crippen LogP contribution in [0.25, 0.3) is 0 Å². The predicted octanol–water partition coefficient (Wildman–Crippen LogP) is 5.13. The minimum Gasteiger partial charge on any atom is -0.250 e. The molecule has 110 valence electrons. The summed E-state index contributed by atoms with van der Waals surface area (Å²) in [6, 6.07) is 2.66. The van der Waals surface area contributed by atoms with Crippen molar-refractivity contribution in [3.8, 4) is 6.07 Å². The van der Waals surface area contributed by atoms with Crippen LogP contribution in [0.3, 0.4) is 0 Å². The molecular formula is C17H26N2S. The topological polar surface area (TPSA) is 36.7 Å². The second-order valence-corrected chi connectivity index (χ2v) is 8.33. The van der Waals surface area contributed by atoms with E-state index in [1.807, 2.05) is 5.51 Å². The van der Waals surface area contributed by atoms with Crippen molar-refractivity contribution in [2.45, 2.75) is 66.2 Å². The lowest BCUT2D eigenvalue weighted by molar-refractivity contribution is 0.116. The van der Waals surface area contributed by atoms with E-state index in [0.29, 0.717) is 5.41 Å². The van der Waals surface area contributed by atoms with E-state index in [1.54, 1.807) is 11.3 Å². The van der Waals surface area contributed by atoms with Crippen molar-refractivity contribution in [3.63, 3.8) is 0 Å². The van der Waals surface area contributed by atoms with Crippen molar-refractivity contribution >= 4 is 11.3 Å². The number of aromatic nitrogens is 1. The van der Waals surface area contributed by atoms with Gasteiger partial charge in [0, 0.05) is 4.88 Å². The van der Waals surface area contributed by atoms with E-state index in [0.717, 1.165) is 37.3 Å². The zero-order valence-electron chi connectivity index (χ0n) is 13.2. The normalized spacial score (nSPS) is 27.2. The molecular weight excluding hydrogens is 264 g/mol. The molecule has 1 saturated carbocycles. The van der Waals surface area contributed by atoms with Crippen molar-refractivity contribution < 1.29 is 0 Å². The predicted molar refractivity (Wildman–Crippen MR) is 84.6 cm³/mol. The zero-order valence-corrected chi connectivity index (χ0v) is 14.0. The summed E-state index contributed by atoms with van der Waals surface area (Å²) in [4.78, 5) is 5.67. The molecule has 0 aliphatic heterocycles. The highest BCUT2D eigenvalue weighted by Crippen LogP contribution is 2.47. The molecule has 0 bridgehead atoms. The molecule has 3 heteroatoms. The van der Waals surface area contributed by atoms with Gasteiger partial charge in [-0.2, -0.15) is 5.26 Å². The minimum atomic E-state index is -0.0851. The van der Waals surface area contributed by atoms with Crippen LogP contribution in [-0.4, -0.2) is 4.98 Å². The fraction of sp³-hybridized carbons (Fsp3) is 0.765. The molecule has 0 unspecified atom stereocenters. The molecule has 20 heavy (non-hydrogen) atoms. The standard InChI is InChI=1S/C17H26N2S/c1-13-15(20-12-19-13)7-10-17(11-18)8-5-14(6-9-17)16(2,3)4/h12,14H,5-10H2,1-4H3. The third-order valence-corrected chi connectivity index (χ3v) is 6.07. The maximum atomic E-state index is 9.67. The molecule has 1 aromatic heterocycles. The Morgan fingerprint density at radius 1 is 1.40 bits per heavy atom. The van der Waals surface area contributed by atoms with E-state index in [1.165, 1.54) is 17.7 Å². The fourth-order valence-corrected chi connectivity index (χ4v) is 4.15. The lowest BCUT2D eigenvalue weighted by Gasteiger charge is -2.40. The number of thiazole rings is 1. The van der Waals surface area contributed by atoms with Crippen LogP contribution in [0.15, 0.2) is 5.51 Å². The van der Waals surface area contributed by atoms with Crippen molar-refractivity contribution in [2.75, 3.05) is 0 Å². The van der Waals surface area contributed by atoms with Gasteiger partial charge in [0.15, 0.2) is 0 Å². The number of aryl methyl sites for hydroxylation is 2. The van der Waals surface area contributed by atoms with Crippen molar-refractivity contribution in [3.05, 3.63) is 16.1 Å². The van der Waals surface area contributed by atoms with Gasteiger partial charge in [-0.25, -0.2) is 4.98 Å². The second-order valence-electron chi connectivity index (χ2n) is 7.39. The first-order chi connectivity index (χ1) is 9.36. The Bertz CT molecular complexity index is 482. The van der Waals surface area contributed by atoms with E-state index in [9.17, 15) is 5.26 Å². The van der Waals surface area contributed by atoms with Crippen molar-refractivity contribution in [1.29, 1.82) is 5.26 Å². The Balaban J connectivity index is 1.96. The summed E-state index contributed by atoms with van der Waals surface area (Å²) in [6.07, 6.45) is 6.58. The third-order valence-electron chi connectivity index (χ3n) is 5.08. The van der Waals surface area contributed by atoms with Crippen molar-refractivity contribution in [1.82, 2.24) is 4.98 Å². The molecule has 1 heterocycles. The van der Waals surface area contributed by atoms with Crippen LogP contribution in [0, 0.1) is 35.0 Å². The van der Waals surface area contributed by atoms with Crippen LogP contribution in [-0.2, 0) is 6.42 Å². The smallest absolute Gasteiger partial charge is 0.0797 e. The Morgan fingerprint density at radius 2 is 2.05 bits per heavy atom. The first-order valence-corrected chi connectivity index (χ1v) is 8.54. The van der Waals surface area contributed by atoms with Crippen LogP contribution in [0.5, 0.6) is 0 Å². The Morgan fingerprint density at radius 3 is 2.50 bits per heavy atom. The molecule has 1 aromatic rings. The number of hydrogen-bond donors (Lipinski definition) is 0. The lowest BCUT2D eigenvalue weighted by Crippen LogP contribution is -2.32. The summed E-state index contributed by atoms with van der Waals surface area (Å²) in [5.41, 5.74) is 3.36. The van der Waals surface area contributed by atoms with Crippen LogP contribution >= 0.6 is 11.3 Å². The van der Waals surface area contributed by atoms with Gasteiger partial charge >= 0.3 is 0 Å². The number of rotatable bonds is 3. The number of nitriles is 1. The highest BCUT2D eigenvalue weighted by atomic mass is 32.1. The maximum Gasteiger partial charge on any atom is 0.0797 e. The van der Waals surface area contributed by atoms with Crippen LogP contribution in [0.1, 0.15) is 63.4 Å². The quantitative estimate of drug-likeness (QED) is 0.773. The Hall–Kier alpha value is -0.880. The van der Waals surface area contributed by atoms with Gasteiger partial charge in [0.1, 0.15) is 0 Å². The number of nitrogens with zero attached hydrogens (tertiary/aromatic N) is 2. The molecule has 2 rings (SSSR count).